The molecule has 1 aliphatic rings. The zero-order chi connectivity index (χ0) is 9.14. The molecule has 0 spiro atoms. The Labute approximate surface area is 69.7 Å². The van der Waals surface area contributed by atoms with Crippen LogP contribution in [-0.4, -0.2) is 11.1 Å². The van der Waals surface area contributed by atoms with Gasteiger partial charge in [0.15, 0.2) is 0 Å². The lowest BCUT2D eigenvalue weighted by Crippen LogP contribution is -2.00. The molecule has 0 saturated carbocycles. The molecule has 0 aromatic heterocycles. The van der Waals surface area contributed by atoms with Crippen molar-refractivity contribution in [2.75, 3.05) is 0 Å². The third kappa shape index (κ3) is 1.81. The second kappa shape index (κ2) is 3.34. The van der Waals surface area contributed by atoms with Crippen LogP contribution < -0.4 is 0 Å². The minimum atomic E-state index is -1.23. The van der Waals surface area contributed by atoms with Crippen molar-refractivity contribution in [3.63, 3.8) is 0 Å². The largest absolute Gasteiger partial charge is 0.478 e. The lowest BCUT2D eigenvalue weighted by atomic mass is 10.2. The molecular formula is C9H9FO2. The van der Waals surface area contributed by atoms with Gasteiger partial charge in [0.05, 0.1) is 5.57 Å². The smallest absolute Gasteiger partial charge is 0.338 e. The summed E-state index contributed by atoms with van der Waals surface area (Å²) in [4.78, 5) is 10.4. The van der Waals surface area contributed by atoms with Crippen molar-refractivity contribution in [3.05, 3.63) is 35.2 Å². The second-order valence-corrected chi connectivity index (χ2v) is 2.65. The summed E-state index contributed by atoms with van der Waals surface area (Å²) in [6, 6.07) is 0. The average molecular weight is 168 g/mol. The van der Waals surface area contributed by atoms with Crippen molar-refractivity contribution in [1.82, 2.24) is 0 Å². The fourth-order valence-electron chi connectivity index (χ4n) is 0.907. The molecule has 64 valence electrons. The molecule has 0 bridgehead atoms. The number of halogens is 1. The van der Waals surface area contributed by atoms with Gasteiger partial charge in [-0.1, -0.05) is 11.6 Å². The topological polar surface area (TPSA) is 37.3 Å². The molecule has 12 heavy (non-hydrogen) atoms. The van der Waals surface area contributed by atoms with Gasteiger partial charge in [0, 0.05) is 0 Å². The predicted octanol–water partition coefficient (Wildman–Crippen LogP) is 2.20. The van der Waals surface area contributed by atoms with E-state index in [4.69, 9.17) is 5.11 Å². The van der Waals surface area contributed by atoms with Crippen LogP contribution in [0.4, 0.5) is 4.39 Å². The van der Waals surface area contributed by atoms with Crippen molar-refractivity contribution in [1.29, 1.82) is 0 Å². The van der Waals surface area contributed by atoms with E-state index in [0.29, 0.717) is 6.42 Å². The van der Waals surface area contributed by atoms with Crippen molar-refractivity contribution >= 4 is 5.97 Å². The fourth-order valence-corrected chi connectivity index (χ4v) is 0.907. The Morgan fingerprint density at radius 2 is 2.25 bits per heavy atom. The van der Waals surface area contributed by atoms with Gasteiger partial charge in [-0.05, 0) is 25.5 Å². The van der Waals surface area contributed by atoms with Crippen LogP contribution in [0.15, 0.2) is 35.2 Å². The summed E-state index contributed by atoms with van der Waals surface area (Å²) >= 11 is 0. The molecule has 0 heterocycles. The van der Waals surface area contributed by atoms with Gasteiger partial charge < -0.3 is 5.11 Å². The van der Waals surface area contributed by atoms with Gasteiger partial charge in [0.2, 0.25) is 0 Å². The summed E-state index contributed by atoms with van der Waals surface area (Å²) in [6.45, 7) is 1.82. The third-order valence-corrected chi connectivity index (χ3v) is 1.63. The first-order valence-corrected chi connectivity index (χ1v) is 3.58. The molecule has 0 radical (unpaired) electrons. The Morgan fingerprint density at radius 1 is 1.58 bits per heavy atom. The number of aliphatic carboxylic acids is 1. The molecule has 0 aliphatic heterocycles. The van der Waals surface area contributed by atoms with Crippen LogP contribution in [-0.2, 0) is 4.79 Å². The van der Waals surface area contributed by atoms with Gasteiger partial charge >= 0.3 is 5.97 Å². The van der Waals surface area contributed by atoms with E-state index in [1.165, 1.54) is 12.2 Å². The quantitative estimate of drug-likeness (QED) is 0.651. The van der Waals surface area contributed by atoms with Crippen LogP contribution in [0.25, 0.3) is 0 Å². The normalized spacial score (nSPS) is 17.3. The monoisotopic (exact) mass is 168 g/mol. The molecule has 1 aliphatic carbocycles. The van der Waals surface area contributed by atoms with Gasteiger partial charge in [-0.15, -0.1) is 0 Å². The van der Waals surface area contributed by atoms with E-state index in [0.717, 1.165) is 5.57 Å². The van der Waals surface area contributed by atoms with Gasteiger partial charge in [0.25, 0.3) is 0 Å². The number of hydrogen-bond donors (Lipinski definition) is 1. The Balaban J connectivity index is 3.04. The first-order chi connectivity index (χ1) is 5.61. The maximum absolute atomic E-state index is 12.9. The predicted molar refractivity (Wildman–Crippen MR) is 43.3 cm³/mol. The molecule has 0 atom stereocenters. The summed E-state index contributed by atoms with van der Waals surface area (Å²) in [5.41, 5.74) is 0.674. The third-order valence-electron chi connectivity index (χ3n) is 1.63. The Kier molecular flexibility index (Phi) is 2.43. The highest BCUT2D eigenvalue weighted by atomic mass is 19.1. The number of carboxylic acids is 1. The number of hydrogen-bond acceptors (Lipinski definition) is 1. The lowest BCUT2D eigenvalue weighted by molar-refractivity contribution is -0.132. The number of allylic oxidation sites excluding steroid dienone is 4. The van der Waals surface area contributed by atoms with Crippen LogP contribution in [0.3, 0.4) is 0 Å². The molecule has 2 nitrogen and oxygen atoms in total. The van der Waals surface area contributed by atoms with E-state index in [1.807, 2.05) is 6.92 Å². The van der Waals surface area contributed by atoms with Gasteiger partial charge in [-0.2, -0.15) is 0 Å². The van der Waals surface area contributed by atoms with E-state index < -0.39 is 11.8 Å². The lowest BCUT2D eigenvalue weighted by Gasteiger charge is -1.94. The summed E-state index contributed by atoms with van der Waals surface area (Å²) in [5.74, 6) is -1.88. The fraction of sp³-hybridized carbons (Fsp3) is 0.222. The maximum atomic E-state index is 12.9. The molecule has 1 N–H and O–H groups in total. The molecule has 0 aromatic carbocycles. The first kappa shape index (κ1) is 8.71. The van der Waals surface area contributed by atoms with E-state index in [-0.39, 0.29) is 5.57 Å². The number of carbonyl (C=O) groups is 1. The Hall–Kier alpha value is -1.38. The minimum Gasteiger partial charge on any atom is -0.478 e. The highest BCUT2D eigenvalue weighted by molar-refractivity contribution is 5.91. The van der Waals surface area contributed by atoms with E-state index in [1.54, 1.807) is 6.08 Å². The summed E-state index contributed by atoms with van der Waals surface area (Å²) in [7, 11) is 0. The molecule has 0 unspecified atom stereocenters. The van der Waals surface area contributed by atoms with Gasteiger partial charge in [-0.3, -0.25) is 0 Å². The summed E-state index contributed by atoms with van der Waals surface area (Å²) in [5, 5.41) is 8.54. The molecule has 0 fully saturated rings. The Morgan fingerprint density at radius 3 is 2.83 bits per heavy atom. The van der Waals surface area contributed by atoms with E-state index in [2.05, 4.69) is 0 Å². The van der Waals surface area contributed by atoms with Crippen molar-refractivity contribution in [2.24, 2.45) is 0 Å². The average Bonchev–Trinajstić information content (AvgIpc) is 2.14. The zero-order valence-electron chi connectivity index (χ0n) is 6.67. The van der Waals surface area contributed by atoms with Crippen LogP contribution in [0.2, 0.25) is 0 Å². The maximum Gasteiger partial charge on any atom is 0.338 e. The van der Waals surface area contributed by atoms with Gasteiger partial charge in [0.1, 0.15) is 5.83 Å². The van der Waals surface area contributed by atoms with Crippen LogP contribution in [0, 0.1) is 0 Å². The van der Waals surface area contributed by atoms with Crippen molar-refractivity contribution < 1.29 is 14.3 Å². The number of carboxylic acid groups (broad SMARTS) is 1. The molecule has 0 aromatic rings. The van der Waals surface area contributed by atoms with Crippen molar-refractivity contribution in [3.8, 4) is 0 Å². The van der Waals surface area contributed by atoms with Crippen molar-refractivity contribution in [2.45, 2.75) is 13.3 Å². The molecule has 1 rings (SSSR count). The Bertz CT molecular complexity index is 298. The zero-order valence-corrected chi connectivity index (χ0v) is 6.67. The first-order valence-electron chi connectivity index (χ1n) is 3.58. The van der Waals surface area contributed by atoms with E-state index in [9.17, 15) is 9.18 Å². The standard InChI is InChI=1S/C9H9FO2/c1-6-2-4-7(9(11)12)8(10)5-3-6/h2,4-5H,3H2,1H3,(H,11,12). The molecular weight excluding hydrogens is 159 g/mol. The van der Waals surface area contributed by atoms with Crippen LogP contribution in [0.5, 0.6) is 0 Å². The highest BCUT2D eigenvalue weighted by Gasteiger charge is 2.13. The molecule has 0 amide bonds. The highest BCUT2D eigenvalue weighted by Crippen LogP contribution is 2.18. The minimum absolute atomic E-state index is 0.271. The summed E-state index contributed by atoms with van der Waals surface area (Å²) in [6.07, 6.45) is 4.65. The van der Waals surface area contributed by atoms with E-state index >= 15 is 0 Å². The molecule has 0 saturated heterocycles. The second-order valence-electron chi connectivity index (χ2n) is 2.65. The SMILES string of the molecule is CC1=CC=C(C(=O)O)C(F)=CC1. The van der Waals surface area contributed by atoms with Crippen LogP contribution in [0.1, 0.15) is 13.3 Å². The number of rotatable bonds is 1. The summed E-state index contributed by atoms with van der Waals surface area (Å²) < 4.78 is 12.9. The van der Waals surface area contributed by atoms with Crippen LogP contribution >= 0.6 is 0 Å². The van der Waals surface area contributed by atoms with Gasteiger partial charge in [-0.25, -0.2) is 9.18 Å². The molecule has 3 heteroatoms.